The van der Waals surface area contributed by atoms with Crippen molar-refractivity contribution in [3.05, 3.63) is 21.4 Å². The summed E-state index contributed by atoms with van der Waals surface area (Å²) >= 11 is 1.95. The van der Waals surface area contributed by atoms with Gasteiger partial charge in [0, 0.05) is 34.9 Å². The molecule has 0 aromatic carbocycles. The lowest BCUT2D eigenvalue weighted by Crippen LogP contribution is -2.41. The van der Waals surface area contributed by atoms with E-state index in [0.717, 1.165) is 19.1 Å². The van der Waals surface area contributed by atoms with Gasteiger partial charge in [0.1, 0.15) is 0 Å². The van der Waals surface area contributed by atoms with Crippen molar-refractivity contribution in [1.82, 2.24) is 15.1 Å². The van der Waals surface area contributed by atoms with Crippen LogP contribution in [0.2, 0.25) is 0 Å². The first-order valence-corrected chi connectivity index (χ1v) is 8.97. The predicted octanol–water partition coefficient (Wildman–Crippen LogP) is 3.08. The van der Waals surface area contributed by atoms with Crippen molar-refractivity contribution in [1.29, 1.82) is 0 Å². The van der Waals surface area contributed by atoms with E-state index in [1.54, 1.807) is 0 Å². The Kier molecular flexibility index (Phi) is 6.23. The van der Waals surface area contributed by atoms with E-state index in [-0.39, 0.29) is 0 Å². The minimum absolute atomic E-state index is 0.556. The quantitative estimate of drug-likeness (QED) is 0.871. The second kappa shape index (κ2) is 7.73. The third-order valence-electron chi connectivity index (χ3n) is 4.44. The second-order valence-corrected chi connectivity index (χ2v) is 8.14. The Bertz CT molecular complexity index is 431. The molecule has 2 heterocycles. The molecular weight excluding hydrogens is 278 g/mol. The lowest BCUT2D eigenvalue weighted by atomic mass is 10.0. The van der Waals surface area contributed by atoms with Gasteiger partial charge in [0.2, 0.25) is 0 Å². The van der Waals surface area contributed by atoms with Crippen LogP contribution in [0.25, 0.3) is 0 Å². The fourth-order valence-corrected chi connectivity index (χ4v) is 3.98. The monoisotopic (exact) mass is 309 g/mol. The van der Waals surface area contributed by atoms with Gasteiger partial charge in [-0.25, -0.2) is 0 Å². The van der Waals surface area contributed by atoms with E-state index in [2.05, 4.69) is 56.0 Å². The number of thiophene rings is 1. The lowest BCUT2D eigenvalue weighted by molar-refractivity contribution is 0.140. The Hall–Kier alpha value is -0.420. The number of rotatable bonds is 6. The Morgan fingerprint density at radius 2 is 2.00 bits per heavy atom. The van der Waals surface area contributed by atoms with Crippen LogP contribution < -0.4 is 5.32 Å². The Balaban J connectivity index is 1.86. The van der Waals surface area contributed by atoms with Crippen LogP contribution in [0.1, 0.15) is 42.0 Å². The number of hydrogen-bond donors (Lipinski definition) is 1. The molecule has 0 aliphatic carbocycles. The van der Waals surface area contributed by atoms with Crippen LogP contribution in [0.15, 0.2) is 6.07 Å². The third kappa shape index (κ3) is 5.06. The van der Waals surface area contributed by atoms with Crippen molar-refractivity contribution in [3.8, 4) is 0 Å². The summed E-state index contributed by atoms with van der Waals surface area (Å²) in [5.74, 6) is 0. The van der Waals surface area contributed by atoms with Crippen LogP contribution in [-0.2, 0) is 13.1 Å². The summed E-state index contributed by atoms with van der Waals surface area (Å²) in [4.78, 5) is 7.96. The molecule has 0 unspecified atom stereocenters. The highest BCUT2D eigenvalue weighted by molar-refractivity contribution is 7.12. The first kappa shape index (κ1) is 16.9. The van der Waals surface area contributed by atoms with Crippen molar-refractivity contribution in [2.24, 2.45) is 0 Å². The molecule has 0 saturated carbocycles. The van der Waals surface area contributed by atoms with Gasteiger partial charge in [-0.05, 0) is 58.6 Å². The normalized spacial score (nSPS) is 18.0. The lowest BCUT2D eigenvalue weighted by Gasteiger charge is -2.35. The number of aryl methyl sites for hydroxylation is 1. The molecule has 0 atom stereocenters. The van der Waals surface area contributed by atoms with E-state index in [0.29, 0.717) is 6.04 Å². The number of nitrogens with zero attached hydrogens (tertiary/aromatic N) is 2. The van der Waals surface area contributed by atoms with Crippen LogP contribution >= 0.6 is 11.3 Å². The highest BCUT2D eigenvalue weighted by atomic mass is 32.1. The SMILES string of the molecule is Cc1sc(CNC(C)C)cc1CN1CCC(N(C)C)CC1. The van der Waals surface area contributed by atoms with Crippen LogP contribution in [0.3, 0.4) is 0 Å². The molecule has 1 aliphatic rings. The molecule has 21 heavy (non-hydrogen) atoms. The van der Waals surface area contributed by atoms with Gasteiger partial charge in [-0.3, -0.25) is 4.90 Å². The van der Waals surface area contributed by atoms with Gasteiger partial charge >= 0.3 is 0 Å². The van der Waals surface area contributed by atoms with E-state index in [4.69, 9.17) is 0 Å². The first-order valence-electron chi connectivity index (χ1n) is 8.16. The van der Waals surface area contributed by atoms with E-state index < -0.39 is 0 Å². The molecule has 0 amide bonds. The molecule has 0 bridgehead atoms. The zero-order valence-electron chi connectivity index (χ0n) is 14.3. The molecule has 3 nitrogen and oxygen atoms in total. The van der Waals surface area contributed by atoms with Crippen LogP contribution in [0.4, 0.5) is 0 Å². The fraction of sp³-hybridized carbons (Fsp3) is 0.765. The van der Waals surface area contributed by atoms with Crippen LogP contribution in [0.5, 0.6) is 0 Å². The molecule has 0 spiro atoms. The van der Waals surface area contributed by atoms with Crippen molar-refractivity contribution >= 4 is 11.3 Å². The van der Waals surface area contributed by atoms with E-state index in [1.807, 2.05) is 11.3 Å². The Labute approximate surface area is 134 Å². The average Bonchev–Trinajstić information content (AvgIpc) is 2.78. The summed E-state index contributed by atoms with van der Waals surface area (Å²) in [5.41, 5.74) is 1.53. The molecule has 4 heteroatoms. The molecule has 0 radical (unpaired) electrons. The van der Waals surface area contributed by atoms with Crippen molar-refractivity contribution in [3.63, 3.8) is 0 Å². The summed E-state index contributed by atoms with van der Waals surface area (Å²) < 4.78 is 0. The summed E-state index contributed by atoms with van der Waals surface area (Å²) in [6.45, 7) is 11.3. The van der Waals surface area contributed by atoms with Gasteiger partial charge < -0.3 is 10.2 Å². The van der Waals surface area contributed by atoms with Gasteiger partial charge in [-0.15, -0.1) is 11.3 Å². The minimum Gasteiger partial charge on any atom is -0.310 e. The highest BCUT2D eigenvalue weighted by Gasteiger charge is 2.21. The molecule has 1 fully saturated rings. The smallest absolute Gasteiger partial charge is 0.0302 e. The third-order valence-corrected chi connectivity index (χ3v) is 5.53. The molecule has 1 aromatic rings. The molecule has 1 aliphatic heterocycles. The maximum atomic E-state index is 3.52. The maximum Gasteiger partial charge on any atom is 0.0302 e. The van der Waals surface area contributed by atoms with Crippen molar-refractivity contribution in [2.75, 3.05) is 27.2 Å². The van der Waals surface area contributed by atoms with Crippen LogP contribution in [-0.4, -0.2) is 49.1 Å². The van der Waals surface area contributed by atoms with Gasteiger partial charge in [0.05, 0.1) is 0 Å². The molecule has 1 N–H and O–H groups in total. The molecule has 1 aromatic heterocycles. The van der Waals surface area contributed by atoms with Crippen molar-refractivity contribution < 1.29 is 0 Å². The maximum absolute atomic E-state index is 3.52. The number of nitrogens with one attached hydrogen (secondary N) is 1. The zero-order valence-corrected chi connectivity index (χ0v) is 15.1. The summed E-state index contributed by atoms with van der Waals surface area (Å²) in [6.07, 6.45) is 2.61. The van der Waals surface area contributed by atoms with E-state index >= 15 is 0 Å². The standard InChI is InChI=1S/C17H31N3S/c1-13(2)18-11-17-10-15(14(3)21-17)12-20-8-6-16(7-9-20)19(4)5/h10,13,16,18H,6-9,11-12H2,1-5H3. The van der Waals surface area contributed by atoms with Gasteiger partial charge in [-0.1, -0.05) is 13.8 Å². The number of likely N-dealkylation sites (tertiary alicyclic amines) is 1. The van der Waals surface area contributed by atoms with Crippen LogP contribution in [0, 0.1) is 6.92 Å². The van der Waals surface area contributed by atoms with Gasteiger partial charge in [0.15, 0.2) is 0 Å². The molecule has 2 rings (SSSR count). The van der Waals surface area contributed by atoms with Gasteiger partial charge in [0.25, 0.3) is 0 Å². The summed E-state index contributed by atoms with van der Waals surface area (Å²) in [7, 11) is 4.41. The Morgan fingerprint density at radius 1 is 1.33 bits per heavy atom. The summed E-state index contributed by atoms with van der Waals surface area (Å²) in [5, 5.41) is 3.52. The zero-order chi connectivity index (χ0) is 15.4. The van der Waals surface area contributed by atoms with E-state index in [9.17, 15) is 0 Å². The average molecular weight is 310 g/mol. The topological polar surface area (TPSA) is 18.5 Å². The second-order valence-electron chi connectivity index (χ2n) is 6.80. The number of hydrogen-bond acceptors (Lipinski definition) is 4. The summed E-state index contributed by atoms with van der Waals surface area (Å²) in [6, 6.07) is 3.74. The number of piperidine rings is 1. The largest absolute Gasteiger partial charge is 0.310 e. The van der Waals surface area contributed by atoms with Gasteiger partial charge in [-0.2, -0.15) is 0 Å². The predicted molar refractivity (Wildman–Crippen MR) is 93.0 cm³/mol. The molecular formula is C17H31N3S. The van der Waals surface area contributed by atoms with E-state index in [1.165, 1.54) is 41.2 Å². The Morgan fingerprint density at radius 3 is 2.57 bits per heavy atom. The molecule has 1 saturated heterocycles. The molecule has 120 valence electrons. The fourth-order valence-electron chi connectivity index (χ4n) is 2.97. The first-order chi connectivity index (χ1) is 9.95. The van der Waals surface area contributed by atoms with Crippen molar-refractivity contribution in [2.45, 2.75) is 58.8 Å². The highest BCUT2D eigenvalue weighted by Crippen LogP contribution is 2.24. The minimum atomic E-state index is 0.556.